The molecule has 0 aliphatic heterocycles. The number of amides is 1. The minimum absolute atomic E-state index is 0.304. The molecule has 1 aromatic heterocycles. The summed E-state index contributed by atoms with van der Waals surface area (Å²) >= 11 is 1.19. The third-order valence-corrected chi connectivity index (χ3v) is 3.16. The summed E-state index contributed by atoms with van der Waals surface area (Å²) in [5.41, 5.74) is 1.77. The van der Waals surface area contributed by atoms with E-state index in [0.29, 0.717) is 4.88 Å². The summed E-state index contributed by atoms with van der Waals surface area (Å²) < 4.78 is 36.3. The first-order chi connectivity index (χ1) is 8.46. The topological polar surface area (TPSA) is 38.3 Å². The highest BCUT2D eigenvalue weighted by molar-refractivity contribution is 7.20. The average molecular weight is 275 g/mol. The second-order valence-electron chi connectivity index (χ2n) is 3.48. The SMILES string of the molecule is O=C(NOCC(F)(F)F)c1cc2ccccc2s1. The molecule has 0 radical (unpaired) electrons. The van der Waals surface area contributed by atoms with E-state index >= 15 is 0 Å². The Hall–Kier alpha value is -1.60. The summed E-state index contributed by atoms with van der Waals surface area (Å²) in [4.78, 5) is 15.9. The van der Waals surface area contributed by atoms with Crippen LogP contribution in [0.25, 0.3) is 10.1 Å². The molecule has 0 aliphatic carbocycles. The Morgan fingerprint density at radius 2 is 2.06 bits per heavy atom. The second-order valence-corrected chi connectivity index (χ2v) is 4.57. The van der Waals surface area contributed by atoms with E-state index in [9.17, 15) is 18.0 Å². The number of hydrogen-bond donors (Lipinski definition) is 1. The molecular weight excluding hydrogens is 267 g/mol. The van der Waals surface area contributed by atoms with E-state index in [1.54, 1.807) is 11.5 Å². The molecule has 96 valence electrons. The van der Waals surface area contributed by atoms with E-state index < -0.39 is 18.7 Å². The maximum absolute atomic E-state index is 11.8. The zero-order chi connectivity index (χ0) is 13.2. The maximum Gasteiger partial charge on any atom is 0.414 e. The lowest BCUT2D eigenvalue weighted by Gasteiger charge is -2.06. The zero-order valence-electron chi connectivity index (χ0n) is 8.95. The largest absolute Gasteiger partial charge is 0.414 e. The first-order valence-corrected chi connectivity index (χ1v) is 5.75. The van der Waals surface area contributed by atoms with E-state index in [2.05, 4.69) is 4.84 Å². The number of fused-ring (bicyclic) bond motifs is 1. The van der Waals surface area contributed by atoms with Crippen LogP contribution in [-0.4, -0.2) is 18.7 Å². The minimum Gasteiger partial charge on any atom is -0.266 e. The molecule has 3 nitrogen and oxygen atoms in total. The molecule has 0 saturated heterocycles. The Bertz CT molecular complexity index is 532. The number of hydroxylamine groups is 1. The lowest BCUT2D eigenvalue weighted by Crippen LogP contribution is -2.29. The van der Waals surface area contributed by atoms with Crippen LogP contribution < -0.4 is 5.48 Å². The number of carbonyl (C=O) groups is 1. The minimum atomic E-state index is -4.46. The Kier molecular flexibility index (Phi) is 3.53. The monoisotopic (exact) mass is 275 g/mol. The van der Waals surface area contributed by atoms with Crippen LogP contribution in [0.4, 0.5) is 13.2 Å². The van der Waals surface area contributed by atoms with Gasteiger partial charge in [-0.05, 0) is 17.5 Å². The number of benzene rings is 1. The zero-order valence-corrected chi connectivity index (χ0v) is 9.77. The fourth-order valence-electron chi connectivity index (χ4n) is 1.33. The van der Waals surface area contributed by atoms with Gasteiger partial charge < -0.3 is 0 Å². The van der Waals surface area contributed by atoms with E-state index in [4.69, 9.17) is 0 Å². The van der Waals surface area contributed by atoms with Crippen molar-refractivity contribution in [3.63, 3.8) is 0 Å². The van der Waals surface area contributed by atoms with Gasteiger partial charge >= 0.3 is 6.18 Å². The number of hydrogen-bond acceptors (Lipinski definition) is 3. The molecule has 18 heavy (non-hydrogen) atoms. The van der Waals surface area contributed by atoms with Crippen LogP contribution in [0.3, 0.4) is 0 Å². The molecular formula is C11H8F3NO2S. The normalized spacial score (nSPS) is 11.7. The Balaban J connectivity index is 2.01. The van der Waals surface area contributed by atoms with Crippen molar-refractivity contribution in [3.8, 4) is 0 Å². The van der Waals surface area contributed by atoms with E-state index in [0.717, 1.165) is 10.1 Å². The van der Waals surface area contributed by atoms with Gasteiger partial charge in [-0.2, -0.15) is 13.2 Å². The number of nitrogens with one attached hydrogen (secondary N) is 1. The van der Waals surface area contributed by atoms with Crippen LogP contribution in [0.1, 0.15) is 9.67 Å². The fraction of sp³-hybridized carbons (Fsp3) is 0.182. The van der Waals surface area contributed by atoms with Gasteiger partial charge in [0.25, 0.3) is 5.91 Å². The maximum atomic E-state index is 11.8. The Morgan fingerprint density at radius 1 is 1.33 bits per heavy atom. The van der Waals surface area contributed by atoms with Crippen LogP contribution in [0.2, 0.25) is 0 Å². The van der Waals surface area contributed by atoms with Gasteiger partial charge in [-0.1, -0.05) is 18.2 Å². The van der Waals surface area contributed by atoms with E-state index in [1.807, 2.05) is 24.3 Å². The van der Waals surface area contributed by atoms with Crippen molar-refractivity contribution in [1.29, 1.82) is 0 Å². The quantitative estimate of drug-likeness (QED) is 0.874. The molecule has 1 aromatic carbocycles. The Morgan fingerprint density at radius 3 is 2.72 bits per heavy atom. The van der Waals surface area contributed by atoms with Gasteiger partial charge in [0.2, 0.25) is 0 Å². The van der Waals surface area contributed by atoms with Crippen molar-refractivity contribution in [3.05, 3.63) is 35.2 Å². The van der Waals surface area contributed by atoms with Crippen molar-refractivity contribution < 1.29 is 22.8 Å². The molecule has 1 heterocycles. The van der Waals surface area contributed by atoms with Crippen molar-refractivity contribution >= 4 is 27.3 Å². The predicted octanol–water partition coefficient (Wildman–Crippen LogP) is 3.13. The van der Waals surface area contributed by atoms with Gasteiger partial charge in [-0.3, -0.25) is 9.63 Å². The highest BCUT2D eigenvalue weighted by Gasteiger charge is 2.28. The van der Waals surface area contributed by atoms with Crippen LogP contribution in [0.15, 0.2) is 30.3 Å². The predicted molar refractivity (Wildman–Crippen MR) is 61.3 cm³/mol. The molecule has 0 unspecified atom stereocenters. The molecule has 0 fully saturated rings. The van der Waals surface area contributed by atoms with E-state index in [1.165, 1.54) is 11.3 Å². The van der Waals surface area contributed by atoms with Crippen molar-refractivity contribution in [2.45, 2.75) is 6.18 Å². The van der Waals surface area contributed by atoms with E-state index in [-0.39, 0.29) is 0 Å². The van der Waals surface area contributed by atoms with Crippen molar-refractivity contribution in [1.82, 2.24) is 5.48 Å². The standard InChI is InChI=1S/C11H8F3NO2S/c12-11(13,14)6-17-15-10(16)9-5-7-3-1-2-4-8(7)18-9/h1-5H,6H2,(H,15,16). The summed E-state index contributed by atoms with van der Waals surface area (Å²) in [6.07, 6.45) is -4.46. The second kappa shape index (κ2) is 4.95. The molecule has 0 atom stereocenters. The number of carbonyl (C=O) groups excluding carboxylic acids is 1. The van der Waals surface area contributed by atoms with Crippen molar-refractivity contribution in [2.24, 2.45) is 0 Å². The number of halogens is 3. The third-order valence-electron chi connectivity index (χ3n) is 2.05. The molecule has 0 bridgehead atoms. The highest BCUT2D eigenvalue weighted by Crippen LogP contribution is 2.25. The van der Waals surface area contributed by atoms with Crippen LogP contribution in [-0.2, 0) is 4.84 Å². The Labute approximate surface area is 104 Å². The smallest absolute Gasteiger partial charge is 0.266 e. The summed E-state index contributed by atoms with van der Waals surface area (Å²) in [7, 11) is 0. The molecule has 1 amide bonds. The number of thiophene rings is 1. The molecule has 7 heteroatoms. The van der Waals surface area contributed by atoms with Gasteiger partial charge in [-0.15, -0.1) is 11.3 Å². The molecule has 0 spiro atoms. The van der Waals surface area contributed by atoms with Crippen molar-refractivity contribution in [2.75, 3.05) is 6.61 Å². The van der Waals surface area contributed by atoms with Gasteiger partial charge in [0.15, 0.2) is 6.61 Å². The summed E-state index contributed by atoms with van der Waals surface area (Å²) in [5, 5.41) is 0.864. The molecule has 1 N–H and O–H groups in total. The highest BCUT2D eigenvalue weighted by atomic mass is 32.1. The van der Waals surface area contributed by atoms with Gasteiger partial charge in [0, 0.05) is 4.70 Å². The van der Waals surface area contributed by atoms with Gasteiger partial charge in [-0.25, -0.2) is 5.48 Å². The first kappa shape index (κ1) is 12.8. The first-order valence-electron chi connectivity index (χ1n) is 4.93. The summed E-state index contributed by atoms with van der Waals surface area (Å²) in [6, 6.07) is 8.89. The molecule has 2 rings (SSSR count). The molecule has 2 aromatic rings. The van der Waals surface area contributed by atoms with Gasteiger partial charge in [0.1, 0.15) is 0 Å². The third kappa shape index (κ3) is 3.21. The molecule has 0 saturated carbocycles. The van der Waals surface area contributed by atoms with Crippen LogP contribution in [0.5, 0.6) is 0 Å². The lowest BCUT2D eigenvalue weighted by molar-refractivity contribution is -0.184. The fourth-order valence-corrected chi connectivity index (χ4v) is 2.28. The average Bonchev–Trinajstić information content (AvgIpc) is 2.70. The summed E-state index contributed by atoms with van der Waals surface area (Å²) in [5.74, 6) is -0.680. The van der Waals surface area contributed by atoms with Crippen LogP contribution in [0, 0.1) is 0 Å². The number of alkyl halides is 3. The van der Waals surface area contributed by atoms with Crippen LogP contribution >= 0.6 is 11.3 Å². The lowest BCUT2D eigenvalue weighted by atomic mass is 10.2. The molecule has 0 aliphatic rings. The number of rotatable bonds is 3. The van der Waals surface area contributed by atoms with Gasteiger partial charge in [0.05, 0.1) is 4.88 Å². The summed E-state index contributed by atoms with van der Waals surface area (Å²) in [6.45, 7) is -1.51.